The van der Waals surface area contributed by atoms with Gasteiger partial charge in [0, 0.05) is 47.3 Å². The van der Waals surface area contributed by atoms with E-state index in [0.717, 1.165) is 49.5 Å². The van der Waals surface area contributed by atoms with Crippen molar-refractivity contribution in [2.75, 3.05) is 0 Å². The Hall–Kier alpha value is -6.56. The molecule has 8 aromatic carbocycles. The molecule has 0 radical (unpaired) electrons. The molecule has 0 fully saturated rings. The molecule has 236 valence electrons. The van der Waals surface area contributed by atoms with Crippen molar-refractivity contribution in [1.82, 2.24) is 14.5 Å². The number of hydrogen-bond acceptors (Lipinski definition) is 4. The van der Waals surface area contributed by atoms with Crippen LogP contribution in [0.5, 0.6) is 0 Å². The van der Waals surface area contributed by atoms with Crippen LogP contribution in [0, 0.1) is 0 Å². The van der Waals surface area contributed by atoms with Crippen LogP contribution in [0.25, 0.3) is 114 Å². The number of aromatic nitrogens is 3. The molecular weight excluding hydrogens is 643 g/mol. The normalized spacial score (nSPS) is 12.3. The highest BCUT2D eigenvalue weighted by atomic mass is 32.1. The minimum absolute atomic E-state index is 0.624. The van der Waals surface area contributed by atoms with Crippen molar-refractivity contribution in [3.05, 3.63) is 152 Å². The molecule has 0 aliphatic carbocycles. The van der Waals surface area contributed by atoms with Gasteiger partial charge in [-0.3, -0.25) is 4.57 Å². The Balaban J connectivity index is 1.32. The summed E-state index contributed by atoms with van der Waals surface area (Å²) in [6.45, 7) is 0. The molecule has 4 aromatic heterocycles. The first-order valence-electron chi connectivity index (χ1n) is 17.2. The minimum Gasteiger partial charge on any atom is -0.452 e. The van der Waals surface area contributed by atoms with Crippen LogP contribution in [0.15, 0.2) is 156 Å². The molecule has 5 heteroatoms. The largest absolute Gasteiger partial charge is 0.452 e. The van der Waals surface area contributed by atoms with Crippen LogP contribution >= 0.6 is 11.3 Å². The third kappa shape index (κ3) is 3.63. The quantitative estimate of drug-likeness (QED) is 0.172. The molecule has 51 heavy (non-hydrogen) atoms. The van der Waals surface area contributed by atoms with Gasteiger partial charge >= 0.3 is 0 Å². The van der Waals surface area contributed by atoms with Crippen molar-refractivity contribution in [2.24, 2.45) is 0 Å². The van der Waals surface area contributed by atoms with Gasteiger partial charge in [0.15, 0.2) is 5.58 Å². The lowest BCUT2D eigenvalue weighted by molar-refractivity contribution is 0.666. The van der Waals surface area contributed by atoms with Gasteiger partial charge in [0.1, 0.15) is 16.8 Å². The summed E-state index contributed by atoms with van der Waals surface area (Å²) in [4.78, 5) is 11.0. The van der Waals surface area contributed by atoms with Crippen LogP contribution in [0.1, 0.15) is 0 Å². The van der Waals surface area contributed by atoms with Gasteiger partial charge in [-0.25, -0.2) is 9.97 Å². The summed E-state index contributed by atoms with van der Waals surface area (Å²) < 4.78 is 11.5. The number of thiophene rings is 1. The summed E-state index contributed by atoms with van der Waals surface area (Å²) in [5.41, 5.74) is 6.30. The van der Waals surface area contributed by atoms with E-state index in [9.17, 15) is 0 Å². The molecule has 0 amide bonds. The number of para-hydroxylation sites is 2. The average molecular weight is 668 g/mol. The number of rotatable bonds is 2. The van der Waals surface area contributed by atoms with E-state index >= 15 is 0 Å². The Morgan fingerprint density at radius 1 is 0.510 bits per heavy atom. The number of hydrogen-bond donors (Lipinski definition) is 0. The Bertz CT molecular complexity index is 3440. The van der Waals surface area contributed by atoms with Crippen molar-refractivity contribution in [3.63, 3.8) is 0 Å². The third-order valence-corrected chi connectivity index (χ3v) is 11.8. The first-order valence-corrected chi connectivity index (χ1v) is 18.0. The van der Waals surface area contributed by atoms with Gasteiger partial charge in [0.05, 0.1) is 11.0 Å². The molecular formula is C46H25N3OS. The van der Waals surface area contributed by atoms with Crippen LogP contribution in [0.4, 0.5) is 0 Å². The van der Waals surface area contributed by atoms with Crippen molar-refractivity contribution in [1.29, 1.82) is 0 Å². The van der Waals surface area contributed by atoms with Crippen LogP contribution in [-0.2, 0) is 0 Å². The van der Waals surface area contributed by atoms with Crippen molar-refractivity contribution >= 4 is 108 Å². The van der Waals surface area contributed by atoms with E-state index in [1.807, 2.05) is 23.5 Å². The molecule has 0 atom stereocenters. The highest BCUT2D eigenvalue weighted by Gasteiger charge is 2.25. The Morgan fingerprint density at radius 2 is 1.16 bits per heavy atom. The zero-order valence-electron chi connectivity index (χ0n) is 27.1. The zero-order chi connectivity index (χ0) is 33.2. The van der Waals surface area contributed by atoms with Crippen LogP contribution in [0.2, 0.25) is 0 Å². The highest BCUT2D eigenvalue weighted by Crippen LogP contribution is 2.48. The van der Waals surface area contributed by atoms with E-state index in [-0.39, 0.29) is 0 Å². The second kappa shape index (κ2) is 10.0. The summed E-state index contributed by atoms with van der Waals surface area (Å²) in [5, 5.41) is 13.0. The summed E-state index contributed by atoms with van der Waals surface area (Å²) >= 11 is 1.86. The summed E-state index contributed by atoms with van der Waals surface area (Å²) in [6.07, 6.45) is 0. The van der Waals surface area contributed by atoms with E-state index < -0.39 is 0 Å². The smallest absolute Gasteiger partial charge is 0.236 e. The molecule has 0 aliphatic rings. The topological polar surface area (TPSA) is 43.9 Å². The Labute approximate surface area is 294 Å². The summed E-state index contributed by atoms with van der Waals surface area (Å²) in [5.74, 6) is 0.624. The first-order chi connectivity index (χ1) is 25.3. The lowest BCUT2D eigenvalue weighted by atomic mass is 9.95. The molecule has 0 bridgehead atoms. The maximum Gasteiger partial charge on any atom is 0.236 e. The Morgan fingerprint density at radius 3 is 2.02 bits per heavy atom. The van der Waals surface area contributed by atoms with Crippen molar-refractivity contribution in [2.45, 2.75) is 0 Å². The molecule has 12 aromatic rings. The van der Waals surface area contributed by atoms with Gasteiger partial charge in [-0.2, -0.15) is 0 Å². The predicted molar refractivity (Wildman–Crippen MR) is 214 cm³/mol. The monoisotopic (exact) mass is 667 g/mol. The van der Waals surface area contributed by atoms with E-state index in [1.54, 1.807) is 0 Å². The molecule has 0 saturated carbocycles. The zero-order valence-corrected chi connectivity index (χ0v) is 27.9. The fourth-order valence-electron chi connectivity index (χ4n) is 8.44. The third-order valence-electron chi connectivity index (χ3n) is 10.6. The molecule has 0 spiro atoms. The molecule has 12 rings (SSSR count). The number of fused-ring (bicyclic) bond motifs is 16. The van der Waals surface area contributed by atoms with E-state index in [4.69, 9.17) is 14.4 Å². The van der Waals surface area contributed by atoms with Crippen LogP contribution in [0.3, 0.4) is 0 Å². The average Bonchev–Trinajstić information content (AvgIpc) is 3.87. The number of benzene rings is 8. The summed E-state index contributed by atoms with van der Waals surface area (Å²) in [7, 11) is 0. The number of nitrogens with zero attached hydrogens (tertiary/aromatic N) is 3. The van der Waals surface area contributed by atoms with Crippen LogP contribution < -0.4 is 0 Å². The minimum atomic E-state index is 0.624. The van der Waals surface area contributed by atoms with Gasteiger partial charge in [-0.1, -0.05) is 121 Å². The SMILES string of the molecule is c1ccc2c(c1)cc(-c1nc(-n3c4ccccc4c4c5ccccc5c5sc6ccccc6c5c43)nc3c1oc1ccccc13)c1ccccc12. The second-order valence-electron chi connectivity index (χ2n) is 13.3. The molecule has 0 unspecified atom stereocenters. The maximum atomic E-state index is 6.69. The second-order valence-corrected chi connectivity index (χ2v) is 14.3. The standard InChI is InChI=1S/C46H25N3OS/c1-2-14-27-26(13-1)25-35(29-16-4-3-15-28(27)29)42-44-41(33-20-8-11-23-37(33)50-44)47-46(48-42)49-36-22-10-7-19-32(36)39-30-17-5-6-18-31(30)45-40(43(39)49)34-21-9-12-24-38(34)51-45/h1-25H. The lowest BCUT2D eigenvalue weighted by Crippen LogP contribution is -2.03. The number of furan rings is 1. The predicted octanol–water partition coefficient (Wildman–Crippen LogP) is 13.0. The highest BCUT2D eigenvalue weighted by molar-refractivity contribution is 7.27. The van der Waals surface area contributed by atoms with Gasteiger partial charge in [-0.15, -0.1) is 11.3 Å². The lowest BCUT2D eigenvalue weighted by Gasteiger charge is -2.13. The molecule has 4 heterocycles. The van der Waals surface area contributed by atoms with Crippen LogP contribution in [-0.4, -0.2) is 14.5 Å². The fraction of sp³-hybridized carbons (Fsp3) is 0. The molecule has 0 aliphatic heterocycles. The molecule has 4 nitrogen and oxygen atoms in total. The molecule has 0 N–H and O–H groups in total. The molecule has 0 saturated heterocycles. The van der Waals surface area contributed by atoms with Crippen molar-refractivity contribution in [3.8, 4) is 17.2 Å². The Kier molecular flexibility index (Phi) is 5.35. The van der Waals surface area contributed by atoms with Gasteiger partial charge in [0.2, 0.25) is 5.95 Å². The van der Waals surface area contributed by atoms with E-state index in [0.29, 0.717) is 11.5 Å². The first kappa shape index (κ1) is 27.3. The maximum absolute atomic E-state index is 6.69. The van der Waals surface area contributed by atoms with E-state index in [2.05, 4.69) is 144 Å². The van der Waals surface area contributed by atoms with E-state index in [1.165, 1.54) is 52.5 Å². The van der Waals surface area contributed by atoms with Gasteiger partial charge in [0.25, 0.3) is 0 Å². The van der Waals surface area contributed by atoms with Crippen molar-refractivity contribution < 1.29 is 4.42 Å². The van der Waals surface area contributed by atoms with Gasteiger partial charge < -0.3 is 4.42 Å². The van der Waals surface area contributed by atoms with Gasteiger partial charge in [-0.05, 0) is 57.3 Å². The summed E-state index contributed by atoms with van der Waals surface area (Å²) in [6, 6.07) is 53.9. The fourth-order valence-corrected chi connectivity index (χ4v) is 9.68.